The van der Waals surface area contributed by atoms with Crippen LogP contribution in [0.3, 0.4) is 0 Å². The number of Topliss-reactive ketones (excluding diaryl/α,β-unsaturated/α-hetero) is 1. The van der Waals surface area contributed by atoms with Gasteiger partial charge in [0, 0.05) is 24.5 Å². The van der Waals surface area contributed by atoms with E-state index in [-0.39, 0.29) is 17.9 Å². The molecule has 1 aliphatic heterocycles. The van der Waals surface area contributed by atoms with Gasteiger partial charge in [-0.1, -0.05) is 0 Å². The van der Waals surface area contributed by atoms with Crippen molar-refractivity contribution in [3.05, 3.63) is 83.2 Å². The van der Waals surface area contributed by atoms with E-state index in [9.17, 15) is 14.7 Å². The number of methoxy groups -OCH3 is 4. The number of ketones is 1. The first-order valence-electron chi connectivity index (χ1n) is 11.0. The predicted octanol–water partition coefficient (Wildman–Crippen LogP) is 3.74. The second kappa shape index (κ2) is 10.4. The van der Waals surface area contributed by atoms with E-state index < -0.39 is 17.7 Å². The van der Waals surface area contributed by atoms with Gasteiger partial charge in [0.25, 0.3) is 11.7 Å². The molecule has 0 saturated carbocycles. The average molecular weight is 491 g/mol. The molecule has 186 valence electrons. The molecule has 0 radical (unpaired) electrons. The summed E-state index contributed by atoms with van der Waals surface area (Å²) in [5.41, 5.74) is 1.60. The third kappa shape index (κ3) is 4.43. The van der Waals surface area contributed by atoms with Crippen LogP contribution in [0.2, 0.25) is 0 Å². The van der Waals surface area contributed by atoms with Crippen molar-refractivity contribution < 1.29 is 33.6 Å². The lowest BCUT2D eigenvalue weighted by Crippen LogP contribution is -2.29. The first-order chi connectivity index (χ1) is 17.4. The summed E-state index contributed by atoms with van der Waals surface area (Å²) in [6.07, 6.45) is 3.22. The van der Waals surface area contributed by atoms with Gasteiger partial charge in [-0.25, -0.2) is 0 Å². The maximum atomic E-state index is 13.3. The number of rotatable bonds is 8. The number of benzene rings is 2. The topological polar surface area (TPSA) is 107 Å². The van der Waals surface area contributed by atoms with E-state index in [4.69, 9.17) is 18.9 Å². The fourth-order valence-electron chi connectivity index (χ4n) is 4.24. The number of aliphatic hydroxyl groups excluding tert-OH is 1. The lowest BCUT2D eigenvalue weighted by Gasteiger charge is -2.26. The molecule has 1 aliphatic rings. The number of hydrogen-bond donors (Lipinski definition) is 1. The van der Waals surface area contributed by atoms with E-state index in [0.717, 1.165) is 5.56 Å². The summed E-state index contributed by atoms with van der Waals surface area (Å²) in [4.78, 5) is 32.0. The zero-order valence-corrected chi connectivity index (χ0v) is 20.3. The van der Waals surface area contributed by atoms with Crippen molar-refractivity contribution in [3.8, 4) is 23.0 Å². The molecule has 2 aromatic carbocycles. The van der Waals surface area contributed by atoms with Crippen LogP contribution in [0, 0.1) is 0 Å². The Labute approximate surface area is 208 Å². The predicted molar refractivity (Wildman–Crippen MR) is 131 cm³/mol. The molecule has 0 aliphatic carbocycles. The number of hydrogen-bond acceptors (Lipinski definition) is 8. The molecule has 0 bridgehead atoms. The van der Waals surface area contributed by atoms with Gasteiger partial charge in [-0.2, -0.15) is 0 Å². The van der Waals surface area contributed by atoms with Crippen LogP contribution in [0.5, 0.6) is 23.0 Å². The average Bonchev–Trinajstić information content (AvgIpc) is 3.17. The maximum Gasteiger partial charge on any atom is 0.295 e. The molecule has 1 fully saturated rings. The minimum atomic E-state index is -0.922. The number of aliphatic hydroxyl groups is 1. The van der Waals surface area contributed by atoms with Crippen molar-refractivity contribution in [2.75, 3.05) is 28.4 Å². The number of aromatic nitrogens is 1. The van der Waals surface area contributed by atoms with E-state index in [0.29, 0.717) is 34.1 Å². The van der Waals surface area contributed by atoms with Crippen LogP contribution in [-0.4, -0.2) is 55.1 Å². The largest absolute Gasteiger partial charge is 0.507 e. The summed E-state index contributed by atoms with van der Waals surface area (Å²) in [5, 5.41) is 11.3. The summed E-state index contributed by atoms with van der Waals surface area (Å²) < 4.78 is 21.6. The lowest BCUT2D eigenvalue weighted by molar-refractivity contribution is -0.140. The molecule has 36 heavy (non-hydrogen) atoms. The second-order valence-electron chi connectivity index (χ2n) is 7.97. The zero-order chi connectivity index (χ0) is 25.8. The van der Waals surface area contributed by atoms with Crippen LogP contribution in [0.25, 0.3) is 5.76 Å². The van der Waals surface area contributed by atoms with Crippen LogP contribution in [0.15, 0.2) is 66.5 Å². The van der Waals surface area contributed by atoms with Crippen LogP contribution in [-0.2, 0) is 16.1 Å². The van der Waals surface area contributed by atoms with Gasteiger partial charge in [0.1, 0.15) is 11.5 Å². The van der Waals surface area contributed by atoms with Gasteiger partial charge in [0.15, 0.2) is 11.5 Å². The van der Waals surface area contributed by atoms with Gasteiger partial charge in [0.2, 0.25) is 5.75 Å². The third-order valence-electron chi connectivity index (χ3n) is 6.01. The lowest BCUT2D eigenvalue weighted by atomic mass is 9.94. The molecule has 2 heterocycles. The third-order valence-corrected chi connectivity index (χ3v) is 6.01. The van der Waals surface area contributed by atoms with Crippen LogP contribution >= 0.6 is 0 Å². The molecule has 1 atom stereocenters. The van der Waals surface area contributed by atoms with E-state index in [1.54, 1.807) is 60.9 Å². The Hall–Kier alpha value is -4.53. The molecular formula is C27H26N2O7. The molecule has 1 N–H and O–H groups in total. The molecule has 4 rings (SSSR count). The van der Waals surface area contributed by atoms with Crippen molar-refractivity contribution >= 4 is 17.4 Å². The number of amides is 1. The fraction of sp³-hybridized carbons (Fsp3) is 0.222. The molecular weight excluding hydrogens is 464 g/mol. The second-order valence-corrected chi connectivity index (χ2v) is 7.97. The number of ether oxygens (including phenoxy) is 4. The van der Waals surface area contributed by atoms with Gasteiger partial charge in [-0.3, -0.25) is 14.6 Å². The zero-order valence-electron chi connectivity index (χ0n) is 20.3. The summed E-state index contributed by atoms with van der Waals surface area (Å²) in [7, 11) is 5.97. The van der Waals surface area contributed by atoms with Crippen molar-refractivity contribution in [1.29, 1.82) is 0 Å². The number of nitrogens with zero attached hydrogens (tertiary/aromatic N) is 2. The SMILES string of the molecule is COc1ccc(/C(O)=C2\C(=O)C(=O)N(Cc3ccncc3)C2c2cc(OC)c(OC)c(OC)c2)cc1. The van der Waals surface area contributed by atoms with Crippen LogP contribution in [0.4, 0.5) is 0 Å². The summed E-state index contributed by atoms with van der Waals surface area (Å²) in [6, 6.07) is 12.5. The highest BCUT2D eigenvalue weighted by Crippen LogP contribution is 2.46. The first-order valence-corrected chi connectivity index (χ1v) is 11.0. The number of pyridine rings is 1. The Balaban J connectivity index is 1.93. The van der Waals surface area contributed by atoms with Crippen molar-refractivity contribution in [1.82, 2.24) is 9.88 Å². The Morgan fingerprint density at radius 1 is 0.889 bits per heavy atom. The fourth-order valence-corrected chi connectivity index (χ4v) is 4.24. The molecule has 1 aromatic heterocycles. The van der Waals surface area contributed by atoms with Crippen molar-refractivity contribution in [2.24, 2.45) is 0 Å². The first kappa shape index (κ1) is 24.6. The molecule has 1 saturated heterocycles. The standard InChI is InChI=1S/C27H26N2O7/c1-33-19-7-5-17(6-8-19)24(30)22-23(18-13-20(34-2)26(36-4)21(14-18)35-3)29(27(32)25(22)31)15-16-9-11-28-12-10-16/h5-14,23,30H,15H2,1-4H3/b24-22+. The summed E-state index contributed by atoms with van der Waals surface area (Å²) in [6.45, 7) is 0.119. The molecule has 1 amide bonds. The summed E-state index contributed by atoms with van der Waals surface area (Å²) >= 11 is 0. The quantitative estimate of drug-likeness (QED) is 0.289. The molecule has 9 heteroatoms. The number of carbonyl (C=O) groups is 2. The molecule has 0 spiro atoms. The highest BCUT2D eigenvalue weighted by Gasteiger charge is 2.46. The minimum absolute atomic E-state index is 0.0477. The maximum absolute atomic E-state index is 13.3. The van der Waals surface area contributed by atoms with Gasteiger partial charge >= 0.3 is 0 Å². The normalized spacial score (nSPS) is 16.7. The smallest absolute Gasteiger partial charge is 0.295 e. The Bertz CT molecular complexity index is 1280. The van der Waals surface area contributed by atoms with Crippen LogP contribution in [0.1, 0.15) is 22.7 Å². The van der Waals surface area contributed by atoms with E-state index in [1.165, 1.54) is 33.3 Å². The van der Waals surface area contributed by atoms with E-state index >= 15 is 0 Å². The number of likely N-dealkylation sites (tertiary alicyclic amines) is 1. The van der Waals surface area contributed by atoms with Gasteiger partial charge in [-0.15, -0.1) is 0 Å². The Kier molecular flexibility index (Phi) is 7.10. The summed E-state index contributed by atoms with van der Waals surface area (Å²) in [5.74, 6) is -0.170. The van der Waals surface area contributed by atoms with Crippen LogP contribution < -0.4 is 18.9 Å². The highest BCUT2D eigenvalue weighted by molar-refractivity contribution is 6.46. The van der Waals surface area contributed by atoms with Crippen molar-refractivity contribution in [2.45, 2.75) is 12.6 Å². The van der Waals surface area contributed by atoms with E-state index in [1.807, 2.05) is 0 Å². The van der Waals surface area contributed by atoms with Gasteiger partial charge < -0.3 is 29.0 Å². The monoisotopic (exact) mass is 490 g/mol. The Morgan fingerprint density at radius 2 is 1.50 bits per heavy atom. The van der Waals surface area contributed by atoms with Gasteiger partial charge in [-0.05, 0) is 59.7 Å². The molecule has 9 nitrogen and oxygen atoms in total. The molecule has 1 unspecified atom stereocenters. The minimum Gasteiger partial charge on any atom is -0.507 e. The van der Waals surface area contributed by atoms with Gasteiger partial charge in [0.05, 0.1) is 40.1 Å². The molecule has 3 aromatic rings. The number of carbonyl (C=O) groups excluding carboxylic acids is 2. The highest BCUT2D eigenvalue weighted by atomic mass is 16.5. The van der Waals surface area contributed by atoms with E-state index in [2.05, 4.69) is 4.98 Å². The van der Waals surface area contributed by atoms with Crippen molar-refractivity contribution in [3.63, 3.8) is 0 Å². The Morgan fingerprint density at radius 3 is 2.03 bits per heavy atom.